The summed E-state index contributed by atoms with van der Waals surface area (Å²) in [5, 5.41) is 0. The first-order chi connectivity index (χ1) is 8.74. The van der Waals surface area contributed by atoms with E-state index < -0.39 is 0 Å². The Labute approximate surface area is 105 Å². The second-order valence-corrected chi connectivity index (χ2v) is 3.98. The summed E-state index contributed by atoms with van der Waals surface area (Å²) in [6, 6.07) is 5.32. The van der Waals surface area contributed by atoms with E-state index in [1.165, 1.54) is 11.6 Å². The van der Waals surface area contributed by atoms with Crippen LogP contribution in [0.25, 0.3) is 0 Å². The minimum absolute atomic E-state index is 0.188. The summed E-state index contributed by atoms with van der Waals surface area (Å²) in [4.78, 5) is 21.8. The van der Waals surface area contributed by atoms with E-state index in [1.807, 2.05) is 12.1 Å². The third-order valence-electron chi connectivity index (χ3n) is 2.45. The topological polar surface area (TPSA) is 67.9 Å². The number of H-pyrrole nitrogens is 1. The van der Waals surface area contributed by atoms with Crippen LogP contribution in [0.2, 0.25) is 0 Å². The number of rotatable bonds is 5. The van der Waals surface area contributed by atoms with Gasteiger partial charge in [-0.25, -0.2) is 4.98 Å². The van der Waals surface area contributed by atoms with Crippen molar-refractivity contribution in [3.05, 3.63) is 52.3 Å². The normalized spacial score (nSPS) is 10.3. The standard InChI is InChI=1S/C13H15N3O2/c1-10-15-12(17)9-13(16-10)18-8-2-3-11-4-6-14-7-5-11/h4-7,9H,2-3,8H2,1H3,(H,15,16,17). The SMILES string of the molecule is Cc1nc(OCCCc2ccncc2)cc(=O)[nH]1. The van der Waals surface area contributed by atoms with Gasteiger partial charge in [-0.15, -0.1) is 0 Å². The van der Waals surface area contributed by atoms with E-state index >= 15 is 0 Å². The van der Waals surface area contributed by atoms with E-state index in [9.17, 15) is 4.79 Å². The van der Waals surface area contributed by atoms with Crippen LogP contribution in [0.5, 0.6) is 5.88 Å². The Morgan fingerprint density at radius 1 is 1.33 bits per heavy atom. The van der Waals surface area contributed by atoms with E-state index in [4.69, 9.17) is 4.74 Å². The Balaban J connectivity index is 1.80. The summed E-state index contributed by atoms with van der Waals surface area (Å²) < 4.78 is 5.44. The van der Waals surface area contributed by atoms with E-state index in [-0.39, 0.29) is 5.56 Å². The van der Waals surface area contributed by atoms with Gasteiger partial charge in [-0.3, -0.25) is 9.78 Å². The first-order valence-electron chi connectivity index (χ1n) is 5.84. The number of hydrogen-bond donors (Lipinski definition) is 1. The molecule has 0 aliphatic carbocycles. The molecule has 5 heteroatoms. The molecule has 0 aromatic carbocycles. The van der Waals surface area contributed by atoms with Gasteiger partial charge in [0.2, 0.25) is 5.88 Å². The molecule has 0 bridgehead atoms. The number of aromatic nitrogens is 3. The molecule has 0 unspecified atom stereocenters. The average molecular weight is 245 g/mol. The van der Waals surface area contributed by atoms with Crippen LogP contribution in [-0.2, 0) is 6.42 Å². The molecule has 0 saturated heterocycles. The fourth-order valence-corrected chi connectivity index (χ4v) is 1.63. The second kappa shape index (κ2) is 5.95. The first-order valence-corrected chi connectivity index (χ1v) is 5.84. The summed E-state index contributed by atoms with van der Waals surface area (Å²) in [5.74, 6) is 0.942. The minimum Gasteiger partial charge on any atom is -0.477 e. The molecular formula is C13H15N3O2. The highest BCUT2D eigenvalue weighted by Crippen LogP contribution is 2.04. The lowest BCUT2D eigenvalue weighted by Gasteiger charge is -2.05. The summed E-state index contributed by atoms with van der Waals surface area (Å²) in [6.07, 6.45) is 5.35. The predicted octanol–water partition coefficient (Wildman–Crippen LogP) is 1.48. The highest BCUT2D eigenvalue weighted by atomic mass is 16.5. The molecule has 0 saturated carbocycles. The minimum atomic E-state index is -0.188. The number of aryl methyl sites for hydroxylation is 2. The van der Waals surface area contributed by atoms with Crippen LogP contribution in [-0.4, -0.2) is 21.6 Å². The fraction of sp³-hybridized carbons (Fsp3) is 0.308. The number of hydrogen-bond acceptors (Lipinski definition) is 4. The van der Waals surface area contributed by atoms with E-state index in [0.29, 0.717) is 18.3 Å². The van der Waals surface area contributed by atoms with Gasteiger partial charge in [0, 0.05) is 12.4 Å². The largest absolute Gasteiger partial charge is 0.477 e. The van der Waals surface area contributed by atoms with Gasteiger partial charge in [-0.1, -0.05) is 0 Å². The highest BCUT2D eigenvalue weighted by Gasteiger charge is 1.99. The van der Waals surface area contributed by atoms with Gasteiger partial charge < -0.3 is 9.72 Å². The van der Waals surface area contributed by atoms with Crippen LogP contribution >= 0.6 is 0 Å². The van der Waals surface area contributed by atoms with E-state index in [2.05, 4.69) is 15.0 Å². The third kappa shape index (κ3) is 3.69. The van der Waals surface area contributed by atoms with Crippen molar-refractivity contribution in [1.29, 1.82) is 0 Å². The molecule has 18 heavy (non-hydrogen) atoms. The van der Waals surface area contributed by atoms with E-state index in [0.717, 1.165) is 12.8 Å². The molecule has 0 amide bonds. The molecular weight excluding hydrogens is 230 g/mol. The number of ether oxygens (including phenoxy) is 1. The Morgan fingerprint density at radius 2 is 2.11 bits per heavy atom. The molecule has 0 atom stereocenters. The molecule has 2 heterocycles. The molecule has 2 aromatic heterocycles. The van der Waals surface area contributed by atoms with Gasteiger partial charge in [-0.05, 0) is 37.5 Å². The van der Waals surface area contributed by atoms with Crippen LogP contribution in [0, 0.1) is 6.92 Å². The van der Waals surface area contributed by atoms with Crippen molar-refractivity contribution in [2.24, 2.45) is 0 Å². The molecule has 94 valence electrons. The van der Waals surface area contributed by atoms with Gasteiger partial charge in [0.25, 0.3) is 5.56 Å². The first kappa shape index (κ1) is 12.3. The molecule has 0 fully saturated rings. The Bertz CT molecular complexity index is 552. The monoisotopic (exact) mass is 245 g/mol. The summed E-state index contributed by atoms with van der Waals surface area (Å²) in [6.45, 7) is 2.27. The number of nitrogens with one attached hydrogen (secondary N) is 1. The molecule has 2 aromatic rings. The van der Waals surface area contributed by atoms with Crippen molar-refractivity contribution in [1.82, 2.24) is 15.0 Å². The lowest BCUT2D eigenvalue weighted by molar-refractivity contribution is 0.297. The van der Waals surface area contributed by atoms with E-state index in [1.54, 1.807) is 19.3 Å². The Kier molecular flexibility index (Phi) is 4.06. The molecule has 0 aliphatic rings. The van der Waals surface area contributed by atoms with Gasteiger partial charge in [0.1, 0.15) is 5.82 Å². The number of pyridine rings is 1. The van der Waals surface area contributed by atoms with Crippen molar-refractivity contribution in [2.45, 2.75) is 19.8 Å². The van der Waals surface area contributed by atoms with Gasteiger partial charge >= 0.3 is 0 Å². The zero-order valence-corrected chi connectivity index (χ0v) is 10.2. The average Bonchev–Trinajstić information content (AvgIpc) is 2.35. The summed E-state index contributed by atoms with van der Waals surface area (Å²) >= 11 is 0. The third-order valence-corrected chi connectivity index (χ3v) is 2.45. The number of aromatic amines is 1. The maximum atomic E-state index is 11.2. The molecule has 1 N–H and O–H groups in total. The molecule has 2 rings (SSSR count). The van der Waals surface area contributed by atoms with Crippen molar-refractivity contribution < 1.29 is 4.74 Å². The summed E-state index contributed by atoms with van der Waals surface area (Å²) in [7, 11) is 0. The predicted molar refractivity (Wildman–Crippen MR) is 67.6 cm³/mol. The highest BCUT2D eigenvalue weighted by molar-refractivity contribution is 5.10. The quantitative estimate of drug-likeness (QED) is 0.810. The van der Waals surface area contributed by atoms with Crippen molar-refractivity contribution in [2.75, 3.05) is 6.61 Å². The van der Waals surface area contributed by atoms with Crippen LogP contribution in [0.1, 0.15) is 17.8 Å². The smallest absolute Gasteiger partial charge is 0.254 e. The zero-order chi connectivity index (χ0) is 12.8. The Hall–Kier alpha value is -2.17. The zero-order valence-electron chi connectivity index (χ0n) is 10.2. The van der Waals surface area contributed by atoms with Gasteiger partial charge in [-0.2, -0.15) is 0 Å². The van der Waals surface area contributed by atoms with Crippen molar-refractivity contribution >= 4 is 0 Å². The van der Waals surface area contributed by atoms with Crippen LogP contribution in [0.3, 0.4) is 0 Å². The Morgan fingerprint density at radius 3 is 2.83 bits per heavy atom. The van der Waals surface area contributed by atoms with Crippen LogP contribution in [0.15, 0.2) is 35.4 Å². The lowest BCUT2D eigenvalue weighted by atomic mass is 10.1. The molecule has 5 nitrogen and oxygen atoms in total. The fourth-order valence-electron chi connectivity index (χ4n) is 1.63. The van der Waals surface area contributed by atoms with Crippen LogP contribution < -0.4 is 10.3 Å². The maximum Gasteiger partial charge on any atom is 0.254 e. The molecule has 0 radical (unpaired) electrons. The van der Waals surface area contributed by atoms with Gasteiger partial charge in [0.15, 0.2) is 0 Å². The second-order valence-electron chi connectivity index (χ2n) is 3.98. The van der Waals surface area contributed by atoms with Crippen molar-refractivity contribution in [3.63, 3.8) is 0 Å². The van der Waals surface area contributed by atoms with Crippen molar-refractivity contribution in [3.8, 4) is 5.88 Å². The summed E-state index contributed by atoms with van der Waals surface area (Å²) in [5.41, 5.74) is 1.04. The molecule has 0 spiro atoms. The number of nitrogens with zero attached hydrogens (tertiary/aromatic N) is 2. The maximum absolute atomic E-state index is 11.2. The van der Waals surface area contributed by atoms with Crippen LogP contribution in [0.4, 0.5) is 0 Å². The lowest BCUT2D eigenvalue weighted by Crippen LogP contribution is -2.10. The van der Waals surface area contributed by atoms with Gasteiger partial charge in [0.05, 0.1) is 12.7 Å². The molecule has 0 aliphatic heterocycles.